The van der Waals surface area contributed by atoms with Crippen molar-refractivity contribution in [2.24, 2.45) is 0 Å². The van der Waals surface area contributed by atoms with E-state index in [0.29, 0.717) is 17.8 Å². The standard InChI is InChI=1S/C18H19NO4S/c1-12-8-9-14(18(20)23-3)10-17(12)24(21,22)19-11-13(2)15-6-4-5-7-16(15)19/h4-10,13H,11H2,1-3H3. The van der Waals surface area contributed by atoms with Crippen LogP contribution in [0, 0.1) is 6.92 Å². The fourth-order valence-electron chi connectivity index (χ4n) is 3.05. The van der Waals surface area contributed by atoms with Gasteiger partial charge in [-0.25, -0.2) is 13.2 Å². The zero-order valence-electron chi connectivity index (χ0n) is 13.8. The first-order valence-electron chi connectivity index (χ1n) is 7.67. The Bertz CT molecular complexity index is 905. The summed E-state index contributed by atoms with van der Waals surface area (Å²) in [5, 5.41) is 0. The van der Waals surface area contributed by atoms with Gasteiger partial charge in [-0.15, -0.1) is 0 Å². The van der Waals surface area contributed by atoms with E-state index < -0.39 is 16.0 Å². The Labute approximate surface area is 141 Å². The molecule has 0 amide bonds. The average Bonchev–Trinajstić information content (AvgIpc) is 2.92. The van der Waals surface area contributed by atoms with Crippen molar-refractivity contribution in [3.05, 3.63) is 59.2 Å². The Balaban J connectivity index is 2.11. The summed E-state index contributed by atoms with van der Waals surface area (Å²) < 4.78 is 32.5. The maximum absolute atomic E-state index is 13.2. The highest BCUT2D eigenvalue weighted by Gasteiger charge is 2.35. The van der Waals surface area contributed by atoms with Crippen molar-refractivity contribution in [2.45, 2.75) is 24.7 Å². The first-order valence-corrected chi connectivity index (χ1v) is 9.11. The maximum atomic E-state index is 13.2. The summed E-state index contributed by atoms with van der Waals surface area (Å²) in [6, 6.07) is 12.1. The molecule has 126 valence electrons. The van der Waals surface area contributed by atoms with Crippen molar-refractivity contribution in [1.29, 1.82) is 0 Å². The van der Waals surface area contributed by atoms with Gasteiger partial charge in [0.2, 0.25) is 0 Å². The molecule has 6 heteroatoms. The Morgan fingerprint density at radius 2 is 1.92 bits per heavy atom. The summed E-state index contributed by atoms with van der Waals surface area (Å²) in [5.41, 5.74) is 2.54. The van der Waals surface area contributed by atoms with E-state index in [2.05, 4.69) is 0 Å². The monoisotopic (exact) mass is 345 g/mol. The van der Waals surface area contributed by atoms with Gasteiger partial charge in [0.25, 0.3) is 10.0 Å². The summed E-state index contributed by atoms with van der Waals surface area (Å²) in [4.78, 5) is 11.9. The van der Waals surface area contributed by atoms with Crippen molar-refractivity contribution in [3.8, 4) is 0 Å². The minimum Gasteiger partial charge on any atom is -0.465 e. The second-order valence-electron chi connectivity index (χ2n) is 5.97. The number of methoxy groups -OCH3 is 1. The molecule has 2 aromatic carbocycles. The first kappa shape index (κ1) is 16.5. The van der Waals surface area contributed by atoms with Crippen LogP contribution in [0.15, 0.2) is 47.4 Å². The van der Waals surface area contributed by atoms with Gasteiger partial charge in [-0.05, 0) is 36.2 Å². The number of para-hydroxylation sites is 1. The van der Waals surface area contributed by atoms with Gasteiger partial charge < -0.3 is 4.74 Å². The van der Waals surface area contributed by atoms with E-state index in [1.807, 2.05) is 31.2 Å². The van der Waals surface area contributed by atoms with E-state index in [-0.39, 0.29) is 16.4 Å². The number of benzene rings is 2. The Hall–Kier alpha value is -2.34. The normalized spacial score (nSPS) is 16.8. The lowest BCUT2D eigenvalue weighted by Gasteiger charge is -2.21. The van der Waals surface area contributed by atoms with Crippen LogP contribution in [-0.4, -0.2) is 28.0 Å². The highest BCUT2D eigenvalue weighted by Crippen LogP contribution is 2.39. The quantitative estimate of drug-likeness (QED) is 0.802. The summed E-state index contributed by atoms with van der Waals surface area (Å²) in [6.45, 7) is 4.12. The van der Waals surface area contributed by atoms with Gasteiger partial charge in [-0.2, -0.15) is 0 Å². The number of nitrogens with zero attached hydrogens (tertiary/aromatic N) is 1. The number of anilines is 1. The van der Waals surface area contributed by atoms with Gasteiger partial charge in [0.1, 0.15) is 0 Å². The van der Waals surface area contributed by atoms with Crippen LogP contribution >= 0.6 is 0 Å². The fourth-order valence-corrected chi connectivity index (χ4v) is 4.88. The molecule has 0 aliphatic carbocycles. The number of carbonyl (C=O) groups is 1. The Morgan fingerprint density at radius 1 is 1.21 bits per heavy atom. The van der Waals surface area contributed by atoms with Gasteiger partial charge in [0, 0.05) is 12.5 Å². The maximum Gasteiger partial charge on any atom is 0.337 e. The number of fused-ring (bicyclic) bond motifs is 1. The van der Waals surface area contributed by atoms with E-state index >= 15 is 0 Å². The van der Waals surface area contributed by atoms with Crippen LogP contribution in [-0.2, 0) is 14.8 Å². The molecule has 0 spiro atoms. The van der Waals surface area contributed by atoms with Crippen molar-refractivity contribution < 1.29 is 17.9 Å². The molecule has 0 bridgehead atoms. The SMILES string of the molecule is COC(=O)c1ccc(C)c(S(=O)(=O)N2CC(C)c3ccccc32)c1. The third-order valence-electron chi connectivity index (χ3n) is 4.35. The molecule has 24 heavy (non-hydrogen) atoms. The number of sulfonamides is 1. The zero-order chi connectivity index (χ0) is 17.5. The predicted octanol–water partition coefficient (Wildman–Crippen LogP) is 3.09. The molecule has 1 unspecified atom stereocenters. The number of aryl methyl sites for hydroxylation is 1. The lowest BCUT2D eigenvalue weighted by atomic mass is 10.0. The third kappa shape index (κ3) is 2.57. The molecule has 3 rings (SSSR count). The van der Waals surface area contributed by atoms with Crippen LogP contribution in [0.3, 0.4) is 0 Å². The van der Waals surface area contributed by atoms with Gasteiger partial charge in [0.15, 0.2) is 0 Å². The van der Waals surface area contributed by atoms with Gasteiger partial charge >= 0.3 is 5.97 Å². The van der Waals surface area contributed by atoms with Crippen LogP contribution in [0.4, 0.5) is 5.69 Å². The molecular formula is C18H19NO4S. The van der Waals surface area contributed by atoms with Gasteiger partial charge in [0.05, 0.1) is 23.3 Å². The summed E-state index contributed by atoms with van der Waals surface area (Å²) in [5.74, 6) is -0.429. The van der Waals surface area contributed by atoms with E-state index in [9.17, 15) is 13.2 Å². The molecule has 2 aromatic rings. The largest absolute Gasteiger partial charge is 0.465 e. The molecule has 0 fully saturated rings. The van der Waals surface area contributed by atoms with E-state index in [0.717, 1.165) is 5.56 Å². The topological polar surface area (TPSA) is 63.7 Å². The number of ether oxygens (including phenoxy) is 1. The molecular weight excluding hydrogens is 326 g/mol. The second kappa shape index (κ2) is 5.94. The van der Waals surface area contributed by atoms with Crippen molar-refractivity contribution in [2.75, 3.05) is 18.0 Å². The van der Waals surface area contributed by atoms with E-state index in [4.69, 9.17) is 4.74 Å². The van der Waals surface area contributed by atoms with Gasteiger partial charge in [-0.1, -0.05) is 31.2 Å². The minimum absolute atomic E-state index is 0.125. The lowest BCUT2D eigenvalue weighted by Crippen LogP contribution is -2.30. The number of hydrogen-bond acceptors (Lipinski definition) is 4. The van der Waals surface area contributed by atoms with Crippen molar-refractivity contribution in [3.63, 3.8) is 0 Å². The molecule has 1 aliphatic heterocycles. The highest BCUT2D eigenvalue weighted by atomic mass is 32.2. The van der Waals surface area contributed by atoms with Crippen LogP contribution in [0.2, 0.25) is 0 Å². The number of carbonyl (C=O) groups excluding carboxylic acids is 1. The minimum atomic E-state index is -3.75. The van der Waals surface area contributed by atoms with E-state index in [1.54, 1.807) is 19.1 Å². The Kier molecular flexibility index (Phi) is 4.09. The summed E-state index contributed by atoms with van der Waals surface area (Å²) in [6.07, 6.45) is 0. The molecule has 0 saturated heterocycles. The average molecular weight is 345 g/mol. The zero-order valence-corrected chi connectivity index (χ0v) is 14.6. The lowest BCUT2D eigenvalue weighted by molar-refractivity contribution is 0.0600. The van der Waals surface area contributed by atoms with Gasteiger partial charge in [-0.3, -0.25) is 4.31 Å². The third-order valence-corrected chi connectivity index (χ3v) is 6.28. The number of esters is 1. The molecule has 0 radical (unpaired) electrons. The number of hydrogen-bond donors (Lipinski definition) is 0. The van der Waals surface area contributed by atoms with Crippen LogP contribution in [0.5, 0.6) is 0 Å². The van der Waals surface area contributed by atoms with Crippen LogP contribution < -0.4 is 4.31 Å². The molecule has 0 N–H and O–H groups in total. The smallest absolute Gasteiger partial charge is 0.337 e. The Morgan fingerprint density at radius 3 is 2.62 bits per heavy atom. The highest BCUT2D eigenvalue weighted by molar-refractivity contribution is 7.93. The van der Waals surface area contributed by atoms with E-state index in [1.165, 1.54) is 17.5 Å². The molecule has 0 aromatic heterocycles. The van der Waals surface area contributed by atoms with Crippen molar-refractivity contribution >= 4 is 21.7 Å². The predicted molar refractivity (Wildman–Crippen MR) is 91.9 cm³/mol. The number of rotatable bonds is 3. The summed E-state index contributed by atoms with van der Waals surface area (Å²) in [7, 11) is -2.48. The fraction of sp³-hybridized carbons (Fsp3) is 0.278. The van der Waals surface area contributed by atoms with Crippen molar-refractivity contribution in [1.82, 2.24) is 0 Å². The van der Waals surface area contributed by atoms with Crippen LogP contribution in [0.1, 0.15) is 34.3 Å². The molecule has 5 nitrogen and oxygen atoms in total. The second-order valence-corrected chi connectivity index (χ2v) is 7.80. The molecule has 0 saturated carbocycles. The molecule has 1 aliphatic rings. The summed E-state index contributed by atoms with van der Waals surface area (Å²) >= 11 is 0. The molecule has 1 heterocycles. The van der Waals surface area contributed by atoms with Crippen LogP contribution in [0.25, 0.3) is 0 Å². The molecule has 1 atom stereocenters. The first-order chi connectivity index (χ1) is 11.4.